The quantitative estimate of drug-likeness (QED) is 0.407. The SMILES string of the molecule is N#C/C(=C/Nc1ccc(Cl)cc1C(F)(F)F)C(=O)NCCCN1CCCC1=O. The molecule has 10 heteroatoms. The Hall–Kier alpha value is -2.73. The first-order chi connectivity index (χ1) is 13.2. The highest BCUT2D eigenvalue weighted by molar-refractivity contribution is 6.30. The van der Waals surface area contributed by atoms with Gasteiger partial charge in [0.2, 0.25) is 5.91 Å². The Labute approximate surface area is 164 Å². The van der Waals surface area contributed by atoms with E-state index in [9.17, 15) is 22.8 Å². The van der Waals surface area contributed by atoms with E-state index < -0.39 is 17.6 Å². The summed E-state index contributed by atoms with van der Waals surface area (Å²) in [5.74, 6) is -0.637. The van der Waals surface area contributed by atoms with E-state index >= 15 is 0 Å². The lowest BCUT2D eigenvalue weighted by Gasteiger charge is -2.15. The van der Waals surface area contributed by atoms with Crippen LogP contribution in [0.5, 0.6) is 0 Å². The van der Waals surface area contributed by atoms with E-state index in [-0.39, 0.29) is 28.7 Å². The van der Waals surface area contributed by atoms with Crippen LogP contribution in [0, 0.1) is 11.3 Å². The van der Waals surface area contributed by atoms with Crippen LogP contribution in [-0.2, 0) is 15.8 Å². The lowest BCUT2D eigenvalue weighted by atomic mass is 10.1. The summed E-state index contributed by atoms with van der Waals surface area (Å²) < 4.78 is 39.2. The fourth-order valence-electron chi connectivity index (χ4n) is 2.68. The molecule has 0 atom stereocenters. The molecule has 1 saturated heterocycles. The summed E-state index contributed by atoms with van der Waals surface area (Å²) in [5, 5.41) is 13.9. The Balaban J connectivity index is 1.93. The number of hydrogen-bond donors (Lipinski definition) is 2. The van der Waals surface area contributed by atoms with E-state index in [1.165, 1.54) is 6.07 Å². The van der Waals surface area contributed by atoms with Crippen LogP contribution in [-0.4, -0.2) is 36.3 Å². The van der Waals surface area contributed by atoms with Gasteiger partial charge in [-0.05, 0) is 31.0 Å². The van der Waals surface area contributed by atoms with Gasteiger partial charge in [0.05, 0.1) is 11.3 Å². The largest absolute Gasteiger partial charge is 0.418 e. The molecule has 2 rings (SSSR count). The van der Waals surface area contributed by atoms with Crippen molar-refractivity contribution in [2.75, 3.05) is 25.0 Å². The van der Waals surface area contributed by atoms with E-state index in [1.807, 2.05) is 0 Å². The van der Waals surface area contributed by atoms with Gasteiger partial charge in [0.25, 0.3) is 5.91 Å². The van der Waals surface area contributed by atoms with Crippen molar-refractivity contribution in [1.82, 2.24) is 10.2 Å². The first-order valence-corrected chi connectivity index (χ1v) is 8.89. The highest BCUT2D eigenvalue weighted by Crippen LogP contribution is 2.36. The molecule has 0 aromatic heterocycles. The number of hydrogen-bond acceptors (Lipinski definition) is 4. The average molecular weight is 415 g/mol. The van der Waals surface area contributed by atoms with Crippen LogP contribution >= 0.6 is 11.6 Å². The van der Waals surface area contributed by atoms with E-state index in [2.05, 4.69) is 10.6 Å². The number of nitriles is 1. The molecule has 1 fully saturated rings. The molecule has 1 aromatic rings. The smallest absolute Gasteiger partial charge is 0.360 e. The van der Waals surface area contributed by atoms with E-state index in [4.69, 9.17) is 16.9 Å². The Morgan fingerprint density at radius 3 is 2.75 bits per heavy atom. The van der Waals surface area contributed by atoms with Gasteiger partial charge in [0.1, 0.15) is 11.6 Å². The van der Waals surface area contributed by atoms with Gasteiger partial charge >= 0.3 is 6.18 Å². The Morgan fingerprint density at radius 1 is 1.39 bits per heavy atom. The summed E-state index contributed by atoms with van der Waals surface area (Å²) in [5.41, 5.74) is -1.71. The molecular weight excluding hydrogens is 397 g/mol. The van der Waals surface area contributed by atoms with Gasteiger partial charge in [-0.1, -0.05) is 11.6 Å². The fourth-order valence-corrected chi connectivity index (χ4v) is 2.86. The van der Waals surface area contributed by atoms with Gasteiger partial charge in [-0.3, -0.25) is 9.59 Å². The van der Waals surface area contributed by atoms with Crippen LogP contribution in [0.2, 0.25) is 5.02 Å². The molecule has 0 unspecified atom stereocenters. The second-order valence-electron chi connectivity index (χ2n) is 6.10. The summed E-state index contributed by atoms with van der Waals surface area (Å²) in [7, 11) is 0. The van der Waals surface area contributed by atoms with E-state index in [0.29, 0.717) is 25.9 Å². The predicted molar refractivity (Wildman–Crippen MR) is 97.2 cm³/mol. The lowest BCUT2D eigenvalue weighted by molar-refractivity contribution is -0.137. The molecule has 1 heterocycles. The van der Waals surface area contributed by atoms with Crippen LogP contribution in [0.1, 0.15) is 24.8 Å². The molecule has 0 aliphatic carbocycles. The highest BCUT2D eigenvalue weighted by Gasteiger charge is 2.33. The summed E-state index contributed by atoms with van der Waals surface area (Å²) >= 11 is 5.61. The first-order valence-electron chi connectivity index (χ1n) is 8.52. The third-order valence-corrected chi connectivity index (χ3v) is 4.32. The maximum absolute atomic E-state index is 13.1. The molecular formula is C18H18ClF3N4O2. The summed E-state index contributed by atoms with van der Waals surface area (Å²) in [4.78, 5) is 25.2. The maximum atomic E-state index is 13.1. The Kier molecular flexibility index (Phi) is 7.29. The van der Waals surface area contributed by atoms with Gasteiger partial charge in [-0.2, -0.15) is 18.4 Å². The molecule has 6 nitrogen and oxygen atoms in total. The van der Waals surface area contributed by atoms with Gasteiger partial charge in [-0.15, -0.1) is 0 Å². The highest BCUT2D eigenvalue weighted by atomic mass is 35.5. The number of amides is 2. The maximum Gasteiger partial charge on any atom is 0.418 e. The van der Waals surface area contributed by atoms with Crippen molar-refractivity contribution in [1.29, 1.82) is 5.26 Å². The summed E-state index contributed by atoms with van der Waals surface area (Å²) in [6.07, 6.45) is -1.87. The number of nitrogens with one attached hydrogen (secondary N) is 2. The van der Waals surface area contributed by atoms with Crippen molar-refractivity contribution in [2.45, 2.75) is 25.4 Å². The zero-order valence-corrected chi connectivity index (χ0v) is 15.5. The van der Waals surface area contributed by atoms with Crippen LogP contribution < -0.4 is 10.6 Å². The van der Waals surface area contributed by atoms with Crippen LogP contribution in [0.15, 0.2) is 30.0 Å². The van der Waals surface area contributed by atoms with E-state index in [1.54, 1.807) is 11.0 Å². The predicted octanol–water partition coefficient (Wildman–Crippen LogP) is 3.31. The van der Waals surface area contributed by atoms with Crippen molar-refractivity contribution >= 4 is 29.1 Å². The van der Waals surface area contributed by atoms with Crippen molar-refractivity contribution in [2.24, 2.45) is 0 Å². The number of halogens is 4. The van der Waals surface area contributed by atoms with Crippen molar-refractivity contribution in [3.8, 4) is 6.07 Å². The summed E-state index contributed by atoms with van der Waals surface area (Å²) in [6.45, 7) is 1.43. The third kappa shape index (κ3) is 5.89. The molecule has 2 amide bonds. The molecule has 1 aromatic carbocycles. The topological polar surface area (TPSA) is 85.2 Å². The molecule has 2 N–H and O–H groups in total. The number of nitrogens with zero attached hydrogens (tertiary/aromatic N) is 2. The van der Waals surface area contributed by atoms with Crippen LogP contribution in [0.3, 0.4) is 0 Å². The Bertz CT molecular complexity index is 818. The Morgan fingerprint density at radius 2 is 2.14 bits per heavy atom. The molecule has 0 spiro atoms. The normalized spacial score (nSPS) is 14.8. The van der Waals surface area contributed by atoms with Crippen molar-refractivity contribution in [3.05, 3.63) is 40.6 Å². The van der Waals surface area contributed by atoms with Crippen molar-refractivity contribution < 1.29 is 22.8 Å². The van der Waals surface area contributed by atoms with Gasteiger partial charge in [0.15, 0.2) is 0 Å². The number of carbonyl (C=O) groups excluding carboxylic acids is 2. The second kappa shape index (κ2) is 9.46. The summed E-state index contributed by atoms with van der Waals surface area (Å²) in [6, 6.07) is 4.77. The monoisotopic (exact) mass is 414 g/mol. The number of carbonyl (C=O) groups is 2. The van der Waals surface area contributed by atoms with Crippen LogP contribution in [0.25, 0.3) is 0 Å². The number of benzene rings is 1. The number of anilines is 1. The molecule has 150 valence electrons. The molecule has 1 aliphatic heterocycles. The minimum Gasteiger partial charge on any atom is -0.360 e. The second-order valence-corrected chi connectivity index (χ2v) is 6.53. The van der Waals surface area contributed by atoms with Crippen molar-refractivity contribution in [3.63, 3.8) is 0 Å². The van der Waals surface area contributed by atoms with Gasteiger partial charge in [0, 0.05) is 37.3 Å². The molecule has 0 bridgehead atoms. The third-order valence-electron chi connectivity index (χ3n) is 4.09. The minimum absolute atomic E-state index is 0.0802. The van der Waals surface area contributed by atoms with Gasteiger partial charge in [-0.25, -0.2) is 0 Å². The van der Waals surface area contributed by atoms with Gasteiger partial charge < -0.3 is 15.5 Å². The minimum atomic E-state index is -4.65. The lowest BCUT2D eigenvalue weighted by Crippen LogP contribution is -2.31. The number of alkyl halides is 3. The zero-order valence-electron chi connectivity index (χ0n) is 14.8. The molecule has 1 aliphatic rings. The molecule has 0 radical (unpaired) electrons. The molecule has 28 heavy (non-hydrogen) atoms. The zero-order chi connectivity index (χ0) is 20.7. The van der Waals surface area contributed by atoms with E-state index in [0.717, 1.165) is 24.8 Å². The number of rotatable bonds is 7. The fraction of sp³-hybridized carbons (Fsp3) is 0.389. The number of likely N-dealkylation sites (tertiary alicyclic amines) is 1. The molecule has 0 saturated carbocycles. The standard InChI is InChI=1S/C18H18ClF3N4O2/c19-13-4-5-15(14(9-13)18(20,21)22)25-11-12(10-23)17(28)24-6-2-8-26-7-1-3-16(26)27/h4-5,9,11,25H,1-3,6-8H2,(H,24,28)/b12-11-. The first kappa shape index (κ1) is 21.6. The van der Waals surface area contributed by atoms with Crippen LogP contribution in [0.4, 0.5) is 18.9 Å². The average Bonchev–Trinajstić information content (AvgIpc) is 3.04.